The van der Waals surface area contributed by atoms with Crippen molar-refractivity contribution in [2.45, 2.75) is 63.3 Å². The van der Waals surface area contributed by atoms with Crippen LogP contribution < -0.4 is 10.6 Å². The van der Waals surface area contributed by atoms with Crippen LogP contribution in [0.4, 0.5) is 0 Å². The number of hydrogen-bond acceptors (Lipinski definition) is 2. The lowest BCUT2D eigenvalue weighted by Crippen LogP contribution is -2.60. The van der Waals surface area contributed by atoms with Gasteiger partial charge in [0.15, 0.2) is 0 Å². The van der Waals surface area contributed by atoms with E-state index in [-0.39, 0.29) is 17.9 Å². The number of carbonyl (C=O) groups excluding carboxylic acids is 1. The zero-order chi connectivity index (χ0) is 14.1. The van der Waals surface area contributed by atoms with E-state index in [1.165, 1.54) is 51.4 Å². The molecule has 6 fully saturated rings. The van der Waals surface area contributed by atoms with Crippen LogP contribution in [0.2, 0.25) is 0 Å². The van der Waals surface area contributed by atoms with E-state index in [2.05, 4.69) is 10.6 Å². The van der Waals surface area contributed by atoms with Gasteiger partial charge in [0.2, 0.25) is 5.91 Å². The summed E-state index contributed by atoms with van der Waals surface area (Å²) in [5.74, 6) is 3.52. The van der Waals surface area contributed by atoms with Gasteiger partial charge in [-0.05, 0) is 94.0 Å². The van der Waals surface area contributed by atoms with Gasteiger partial charge in [-0.2, -0.15) is 0 Å². The van der Waals surface area contributed by atoms with Crippen molar-refractivity contribution in [1.82, 2.24) is 10.6 Å². The Balaban J connectivity index is 0.00000125. The van der Waals surface area contributed by atoms with Crippen molar-refractivity contribution in [3.05, 3.63) is 0 Å². The zero-order valence-electron chi connectivity index (χ0n) is 13.4. The molecule has 3 nitrogen and oxygen atoms in total. The van der Waals surface area contributed by atoms with Gasteiger partial charge in [-0.25, -0.2) is 0 Å². The van der Waals surface area contributed by atoms with E-state index in [0.29, 0.717) is 17.2 Å². The van der Waals surface area contributed by atoms with Crippen molar-refractivity contribution < 1.29 is 4.79 Å². The first-order valence-electron chi connectivity index (χ1n) is 9.19. The van der Waals surface area contributed by atoms with Crippen molar-refractivity contribution >= 4 is 18.3 Å². The molecule has 6 aliphatic rings. The Morgan fingerprint density at radius 3 is 2.00 bits per heavy atom. The van der Waals surface area contributed by atoms with Gasteiger partial charge in [-0.15, -0.1) is 12.4 Å². The second-order valence-electron chi connectivity index (χ2n) is 9.06. The van der Waals surface area contributed by atoms with E-state index in [1.54, 1.807) is 0 Å². The third-order valence-electron chi connectivity index (χ3n) is 7.53. The summed E-state index contributed by atoms with van der Waals surface area (Å²) in [6.07, 6.45) is 11.8. The lowest BCUT2D eigenvalue weighted by molar-refractivity contribution is -0.129. The molecule has 1 spiro atoms. The van der Waals surface area contributed by atoms with E-state index in [0.717, 1.165) is 37.3 Å². The first-order valence-corrected chi connectivity index (χ1v) is 9.19. The Morgan fingerprint density at radius 2 is 1.45 bits per heavy atom. The van der Waals surface area contributed by atoms with E-state index in [4.69, 9.17) is 0 Å². The molecule has 1 atom stereocenters. The smallest absolute Gasteiger partial charge is 0.224 e. The molecule has 4 heteroatoms. The maximum absolute atomic E-state index is 12.8. The molecule has 0 aromatic carbocycles. The minimum absolute atomic E-state index is 0. The van der Waals surface area contributed by atoms with Gasteiger partial charge >= 0.3 is 0 Å². The first-order chi connectivity index (χ1) is 10.2. The summed E-state index contributed by atoms with van der Waals surface area (Å²) in [5.41, 5.74) is 0.597. The summed E-state index contributed by atoms with van der Waals surface area (Å²) in [7, 11) is 0. The lowest BCUT2D eigenvalue weighted by atomic mass is 9.53. The molecule has 5 saturated carbocycles. The molecule has 124 valence electrons. The molecule has 1 amide bonds. The molecule has 22 heavy (non-hydrogen) atoms. The van der Waals surface area contributed by atoms with Crippen molar-refractivity contribution in [2.24, 2.45) is 29.1 Å². The van der Waals surface area contributed by atoms with Gasteiger partial charge in [0, 0.05) is 11.5 Å². The van der Waals surface area contributed by atoms with Crippen LogP contribution in [-0.2, 0) is 4.79 Å². The van der Waals surface area contributed by atoms with Crippen LogP contribution >= 0.6 is 12.4 Å². The monoisotopic (exact) mass is 324 g/mol. The Morgan fingerprint density at radius 1 is 0.909 bits per heavy atom. The fraction of sp³-hybridized carbons (Fsp3) is 0.944. The van der Waals surface area contributed by atoms with Crippen molar-refractivity contribution in [1.29, 1.82) is 0 Å². The Kier molecular flexibility index (Phi) is 3.54. The molecule has 0 radical (unpaired) electrons. The molecule has 4 bridgehead atoms. The number of piperidine rings is 1. The quantitative estimate of drug-likeness (QED) is 0.820. The summed E-state index contributed by atoms with van der Waals surface area (Å²) in [6.45, 7) is 2.22. The maximum Gasteiger partial charge on any atom is 0.224 e. The molecular weight excluding hydrogens is 296 g/mol. The molecule has 1 aliphatic heterocycles. The van der Waals surface area contributed by atoms with Crippen LogP contribution in [0.1, 0.15) is 57.8 Å². The van der Waals surface area contributed by atoms with Gasteiger partial charge in [0.25, 0.3) is 0 Å². The summed E-state index contributed by atoms with van der Waals surface area (Å²) in [5, 5.41) is 7.03. The van der Waals surface area contributed by atoms with Crippen LogP contribution in [0.3, 0.4) is 0 Å². The Bertz CT molecular complexity index is 436. The second-order valence-corrected chi connectivity index (χ2v) is 9.06. The predicted molar refractivity (Wildman–Crippen MR) is 88.9 cm³/mol. The van der Waals surface area contributed by atoms with Gasteiger partial charge in [0.05, 0.1) is 0 Å². The van der Waals surface area contributed by atoms with Crippen molar-refractivity contribution in [3.8, 4) is 0 Å². The summed E-state index contributed by atoms with van der Waals surface area (Å²) >= 11 is 0. The molecule has 0 aromatic heterocycles. The topological polar surface area (TPSA) is 41.1 Å². The highest BCUT2D eigenvalue weighted by Crippen LogP contribution is 2.60. The Labute approximate surface area is 139 Å². The number of rotatable bonds is 2. The van der Waals surface area contributed by atoms with E-state index in [9.17, 15) is 4.79 Å². The summed E-state index contributed by atoms with van der Waals surface area (Å²) in [6, 6.07) is 0. The summed E-state index contributed by atoms with van der Waals surface area (Å²) < 4.78 is 0. The number of amides is 1. The van der Waals surface area contributed by atoms with Crippen LogP contribution in [0.25, 0.3) is 0 Å². The van der Waals surface area contributed by atoms with Crippen LogP contribution in [0, 0.1) is 29.1 Å². The minimum Gasteiger partial charge on any atom is -0.350 e. The van der Waals surface area contributed by atoms with Crippen LogP contribution in [0.5, 0.6) is 0 Å². The molecule has 1 unspecified atom stereocenters. The highest BCUT2D eigenvalue weighted by molar-refractivity contribution is 5.85. The zero-order valence-corrected chi connectivity index (χ0v) is 14.2. The standard InChI is InChI=1S/C18H28N2O.ClH/c21-16(15-11-17(15)1-3-19-4-2-17)20-18-8-12-5-13(9-18)7-14(6-12)10-18;/h12-15,19H,1-11H2,(H,20,21);1H. The first kappa shape index (κ1) is 15.3. The summed E-state index contributed by atoms with van der Waals surface area (Å²) in [4.78, 5) is 12.8. The van der Waals surface area contributed by atoms with Crippen molar-refractivity contribution in [2.75, 3.05) is 13.1 Å². The molecule has 5 aliphatic carbocycles. The Hall–Kier alpha value is -0.280. The second kappa shape index (κ2) is 5.11. The van der Waals surface area contributed by atoms with E-state index < -0.39 is 0 Å². The van der Waals surface area contributed by atoms with Gasteiger partial charge in [-0.1, -0.05) is 0 Å². The molecule has 1 saturated heterocycles. The SMILES string of the molecule is Cl.O=C(NC12CC3CC(CC(C3)C1)C2)C1CC12CCNCC2. The highest BCUT2D eigenvalue weighted by atomic mass is 35.5. The fourth-order valence-corrected chi connectivity index (χ4v) is 6.81. The van der Waals surface area contributed by atoms with Gasteiger partial charge < -0.3 is 10.6 Å². The van der Waals surface area contributed by atoms with E-state index in [1.807, 2.05) is 0 Å². The molecule has 2 N–H and O–H groups in total. The number of carbonyl (C=O) groups is 1. The normalized spacial score (nSPS) is 47.1. The maximum atomic E-state index is 12.8. The largest absolute Gasteiger partial charge is 0.350 e. The molecular formula is C18H29ClN2O. The van der Waals surface area contributed by atoms with E-state index >= 15 is 0 Å². The van der Waals surface area contributed by atoms with Crippen LogP contribution in [0.15, 0.2) is 0 Å². The molecule has 1 heterocycles. The minimum atomic E-state index is 0. The third-order valence-corrected chi connectivity index (χ3v) is 7.53. The lowest BCUT2D eigenvalue weighted by Gasteiger charge is -2.57. The highest BCUT2D eigenvalue weighted by Gasteiger charge is 2.59. The average Bonchev–Trinajstić information content (AvgIpc) is 3.11. The van der Waals surface area contributed by atoms with Crippen LogP contribution in [-0.4, -0.2) is 24.5 Å². The fourth-order valence-electron chi connectivity index (χ4n) is 6.81. The number of hydrogen-bond donors (Lipinski definition) is 2. The van der Waals surface area contributed by atoms with Crippen molar-refractivity contribution in [3.63, 3.8) is 0 Å². The van der Waals surface area contributed by atoms with Gasteiger partial charge in [0.1, 0.15) is 0 Å². The number of nitrogens with one attached hydrogen (secondary N) is 2. The molecule has 6 rings (SSSR count). The average molecular weight is 325 g/mol. The third kappa shape index (κ3) is 2.31. The predicted octanol–water partition coefficient (Wildman–Crippen LogP) is 2.88. The molecule has 0 aromatic rings. The number of halogens is 1. The van der Waals surface area contributed by atoms with Gasteiger partial charge in [-0.3, -0.25) is 4.79 Å².